The molecule has 6 nitrogen and oxygen atoms in total. The van der Waals surface area contributed by atoms with Gasteiger partial charge in [-0.3, -0.25) is 9.67 Å². The van der Waals surface area contributed by atoms with Gasteiger partial charge in [-0.2, -0.15) is 18.3 Å². The number of hydrogen-bond acceptors (Lipinski definition) is 3. The van der Waals surface area contributed by atoms with Crippen molar-refractivity contribution in [2.24, 2.45) is 13.0 Å². The van der Waals surface area contributed by atoms with E-state index in [0.717, 1.165) is 23.7 Å². The number of pyridine rings is 1. The van der Waals surface area contributed by atoms with Crippen LogP contribution >= 0.6 is 0 Å². The number of carbonyl (C=O) groups excluding carboxylic acids is 1. The van der Waals surface area contributed by atoms with Crippen molar-refractivity contribution in [3.05, 3.63) is 42.0 Å². The molecule has 0 spiro atoms. The predicted molar refractivity (Wildman–Crippen MR) is 80.1 cm³/mol. The molecule has 3 rings (SSSR count). The fraction of sp³-hybridized carbons (Fsp3) is 0.400. The van der Waals surface area contributed by atoms with Gasteiger partial charge in [-0.05, 0) is 30.9 Å². The van der Waals surface area contributed by atoms with Gasteiger partial charge in [-0.15, -0.1) is 0 Å². The highest BCUT2D eigenvalue weighted by Gasteiger charge is 2.38. The van der Waals surface area contributed by atoms with Crippen molar-refractivity contribution in [3.63, 3.8) is 0 Å². The molecule has 1 unspecified atom stereocenters. The van der Waals surface area contributed by atoms with E-state index in [9.17, 15) is 18.0 Å². The van der Waals surface area contributed by atoms with Gasteiger partial charge >= 0.3 is 12.2 Å². The Morgan fingerprint density at radius 1 is 1.38 bits per heavy atom. The molecular weight excluding hydrogens is 323 g/mol. The molecule has 0 aliphatic heterocycles. The van der Waals surface area contributed by atoms with Crippen LogP contribution in [0.5, 0.6) is 0 Å². The maximum absolute atomic E-state index is 12.9. The number of anilines is 1. The second-order valence-corrected chi connectivity index (χ2v) is 5.73. The molecule has 1 saturated carbocycles. The van der Waals surface area contributed by atoms with Crippen LogP contribution in [-0.4, -0.2) is 20.8 Å². The zero-order valence-corrected chi connectivity index (χ0v) is 12.8. The average Bonchev–Trinajstić information content (AvgIpc) is 3.28. The van der Waals surface area contributed by atoms with Gasteiger partial charge in [0.15, 0.2) is 5.69 Å². The topological polar surface area (TPSA) is 71.8 Å². The first-order valence-corrected chi connectivity index (χ1v) is 7.44. The molecule has 0 saturated heterocycles. The summed E-state index contributed by atoms with van der Waals surface area (Å²) < 4.78 is 39.8. The van der Waals surface area contributed by atoms with Crippen LogP contribution in [0.15, 0.2) is 30.6 Å². The Bertz CT molecular complexity index is 724. The highest BCUT2D eigenvalue weighted by atomic mass is 19.4. The first kappa shape index (κ1) is 16.3. The molecule has 2 N–H and O–H groups in total. The van der Waals surface area contributed by atoms with Gasteiger partial charge in [0.25, 0.3) is 0 Å². The Balaban J connectivity index is 1.73. The number of nitrogens with one attached hydrogen (secondary N) is 2. The van der Waals surface area contributed by atoms with Crippen molar-refractivity contribution in [1.29, 1.82) is 0 Å². The molecule has 128 valence electrons. The molecule has 1 atom stereocenters. The van der Waals surface area contributed by atoms with Gasteiger partial charge in [0.05, 0.1) is 17.4 Å². The zero-order chi connectivity index (χ0) is 17.3. The second kappa shape index (κ2) is 6.14. The van der Waals surface area contributed by atoms with E-state index in [1.54, 1.807) is 24.4 Å². The van der Waals surface area contributed by atoms with Gasteiger partial charge in [0, 0.05) is 19.4 Å². The summed E-state index contributed by atoms with van der Waals surface area (Å²) in [5.74, 6) is 0.252. The van der Waals surface area contributed by atoms with Crippen molar-refractivity contribution in [1.82, 2.24) is 20.1 Å². The van der Waals surface area contributed by atoms with Crippen LogP contribution in [0.3, 0.4) is 0 Å². The van der Waals surface area contributed by atoms with Crippen molar-refractivity contribution < 1.29 is 18.0 Å². The Kier molecular flexibility index (Phi) is 4.16. The molecule has 2 amide bonds. The maximum Gasteiger partial charge on any atom is 0.437 e. The number of nitrogens with zero attached hydrogens (tertiary/aromatic N) is 3. The molecule has 9 heteroatoms. The average molecular weight is 339 g/mol. The number of carbonyl (C=O) groups is 1. The van der Waals surface area contributed by atoms with Gasteiger partial charge in [0.2, 0.25) is 0 Å². The Morgan fingerprint density at radius 2 is 2.12 bits per heavy atom. The van der Waals surface area contributed by atoms with E-state index >= 15 is 0 Å². The van der Waals surface area contributed by atoms with E-state index in [-0.39, 0.29) is 17.6 Å². The van der Waals surface area contributed by atoms with Crippen molar-refractivity contribution in [2.45, 2.75) is 25.1 Å². The number of aryl methyl sites for hydroxylation is 1. The van der Waals surface area contributed by atoms with Crippen LogP contribution < -0.4 is 10.6 Å². The van der Waals surface area contributed by atoms with Crippen molar-refractivity contribution >= 4 is 11.7 Å². The lowest BCUT2D eigenvalue weighted by molar-refractivity contribution is -0.140. The normalized spacial score (nSPS) is 15.8. The largest absolute Gasteiger partial charge is 0.437 e. The number of hydrogen-bond donors (Lipinski definition) is 2. The number of urea groups is 1. The Morgan fingerprint density at radius 3 is 2.71 bits per heavy atom. The van der Waals surface area contributed by atoms with E-state index in [2.05, 4.69) is 20.7 Å². The van der Waals surface area contributed by atoms with E-state index in [0.29, 0.717) is 5.69 Å². The summed E-state index contributed by atoms with van der Waals surface area (Å²) in [5, 5.41) is 8.31. The third kappa shape index (κ3) is 3.66. The molecule has 1 aliphatic carbocycles. The first-order valence-electron chi connectivity index (χ1n) is 7.44. The van der Waals surface area contributed by atoms with Gasteiger partial charge in [-0.1, -0.05) is 6.07 Å². The summed E-state index contributed by atoms with van der Waals surface area (Å²) in [7, 11) is 1.36. The van der Waals surface area contributed by atoms with Gasteiger partial charge in [0.1, 0.15) is 0 Å². The molecule has 2 aromatic rings. The number of amides is 2. The minimum absolute atomic E-state index is 0.252. The Labute approximate surface area is 136 Å². The smallest absolute Gasteiger partial charge is 0.329 e. The summed E-state index contributed by atoms with van der Waals surface area (Å²) in [5.41, 5.74) is -0.809. The monoisotopic (exact) mass is 339 g/mol. The lowest BCUT2D eigenvalue weighted by Gasteiger charge is -2.18. The predicted octanol–water partition coefficient (Wildman–Crippen LogP) is 3.11. The standard InChI is InChI=1S/C15H16F3N5O/c1-23-8-11(13(22-23)15(16,17)18)20-14(24)21-12(9-5-6-9)10-4-2-3-7-19-10/h2-4,7-9,12H,5-6H2,1H3,(H2,20,21,24). The van der Waals surface area contributed by atoms with Gasteiger partial charge < -0.3 is 10.6 Å². The summed E-state index contributed by atoms with van der Waals surface area (Å²) in [6.07, 6.45) is -0.00629. The molecule has 0 aromatic carbocycles. The maximum atomic E-state index is 12.9. The van der Waals surface area contributed by atoms with Crippen LogP contribution in [0.4, 0.5) is 23.7 Å². The molecule has 24 heavy (non-hydrogen) atoms. The fourth-order valence-electron chi connectivity index (χ4n) is 2.51. The zero-order valence-electron chi connectivity index (χ0n) is 12.8. The highest BCUT2D eigenvalue weighted by Crippen LogP contribution is 2.40. The molecule has 2 aromatic heterocycles. The third-order valence-corrected chi connectivity index (χ3v) is 3.73. The Hall–Kier alpha value is -2.58. The van der Waals surface area contributed by atoms with Crippen molar-refractivity contribution in [2.75, 3.05) is 5.32 Å². The van der Waals surface area contributed by atoms with E-state index in [1.807, 2.05) is 0 Å². The van der Waals surface area contributed by atoms with Crippen LogP contribution in [0.1, 0.15) is 30.3 Å². The molecular formula is C15H16F3N5O. The summed E-state index contributed by atoms with van der Waals surface area (Å²) in [6.45, 7) is 0. The third-order valence-electron chi connectivity index (χ3n) is 3.73. The lowest BCUT2D eigenvalue weighted by Crippen LogP contribution is -2.34. The SMILES string of the molecule is Cn1cc(NC(=O)NC(c2ccccn2)C2CC2)c(C(F)(F)F)n1. The fourth-order valence-corrected chi connectivity index (χ4v) is 2.51. The van der Waals surface area contributed by atoms with E-state index < -0.39 is 17.9 Å². The molecule has 2 heterocycles. The van der Waals surface area contributed by atoms with Crippen LogP contribution in [0, 0.1) is 5.92 Å². The number of alkyl halides is 3. The molecule has 1 aliphatic rings. The van der Waals surface area contributed by atoms with Crippen LogP contribution in [0.2, 0.25) is 0 Å². The van der Waals surface area contributed by atoms with Crippen LogP contribution in [-0.2, 0) is 13.2 Å². The molecule has 1 fully saturated rings. The summed E-state index contributed by atoms with van der Waals surface area (Å²) in [6, 6.07) is 4.32. The molecule has 0 bridgehead atoms. The van der Waals surface area contributed by atoms with Crippen LogP contribution in [0.25, 0.3) is 0 Å². The van der Waals surface area contributed by atoms with E-state index in [1.165, 1.54) is 7.05 Å². The highest BCUT2D eigenvalue weighted by molar-refractivity contribution is 5.90. The number of aromatic nitrogens is 3. The molecule has 0 radical (unpaired) electrons. The second-order valence-electron chi connectivity index (χ2n) is 5.73. The quantitative estimate of drug-likeness (QED) is 0.899. The number of halogens is 3. The summed E-state index contributed by atoms with van der Waals surface area (Å²) >= 11 is 0. The van der Waals surface area contributed by atoms with Gasteiger partial charge in [-0.25, -0.2) is 4.79 Å². The first-order chi connectivity index (χ1) is 11.3. The van der Waals surface area contributed by atoms with Crippen molar-refractivity contribution in [3.8, 4) is 0 Å². The summed E-state index contributed by atoms with van der Waals surface area (Å²) in [4.78, 5) is 16.4. The van der Waals surface area contributed by atoms with E-state index in [4.69, 9.17) is 0 Å². The number of rotatable bonds is 4. The lowest BCUT2D eigenvalue weighted by atomic mass is 10.1. The minimum atomic E-state index is -4.64. The minimum Gasteiger partial charge on any atom is -0.329 e.